The van der Waals surface area contributed by atoms with Crippen LogP contribution in [0.5, 0.6) is 11.5 Å². The molecule has 10 heteroatoms. The van der Waals surface area contributed by atoms with Crippen molar-refractivity contribution in [1.29, 1.82) is 0 Å². The van der Waals surface area contributed by atoms with Gasteiger partial charge in [0, 0.05) is 50.6 Å². The highest BCUT2D eigenvalue weighted by Crippen LogP contribution is 2.41. The molecule has 164 valence electrons. The van der Waals surface area contributed by atoms with Gasteiger partial charge in [0.2, 0.25) is 0 Å². The van der Waals surface area contributed by atoms with E-state index in [4.69, 9.17) is 9.15 Å². The van der Waals surface area contributed by atoms with Crippen LogP contribution in [-0.2, 0) is 6.54 Å². The molecular formula is C22H21N5O5. The predicted octanol–water partition coefficient (Wildman–Crippen LogP) is 3.93. The molecule has 2 aliphatic heterocycles. The van der Waals surface area contributed by atoms with E-state index in [1.165, 1.54) is 4.90 Å². The molecule has 10 nitrogen and oxygen atoms in total. The first-order valence-corrected chi connectivity index (χ1v) is 10.2. The third-order valence-electron chi connectivity index (χ3n) is 5.75. The summed E-state index contributed by atoms with van der Waals surface area (Å²) in [7, 11) is 1.58. The van der Waals surface area contributed by atoms with Crippen LogP contribution in [0.25, 0.3) is 22.7 Å². The van der Waals surface area contributed by atoms with E-state index in [2.05, 4.69) is 20.1 Å². The fourth-order valence-electron chi connectivity index (χ4n) is 4.03. The first-order chi connectivity index (χ1) is 15.5. The molecule has 2 aromatic heterocycles. The second-order valence-electron chi connectivity index (χ2n) is 7.59. The number of hydrogen-bond acceptors (Lipinski definition) is 8. The van der Waals surface area contributed by atoms with Crippen LogP contribution in [0.15, 0.2) is 45.1 Å². The normalized spacial score (nSPS) is 17.3. The fraction of sp³-hybridized carbons (Fsp3) is 0.273. The van der Waals surface area contributed by atoms with Gasteiger partial charge >= 0.3 is 6.09 Å². The molecule has 1 aromatic carbocycles. The number of methoxy groups -OCH3 is 1. The average Bonchev–Trinajstić information content (AvgIpc) is 3.36. The Hall–Kier alpha value is -3.92. The van der Waals surface area contributed by atoms with Crippen molar-refractivity contribution >= 4 is 34.7 Å². The zero-order chi connectivity index (χ0) is 22.2. The number of hydrogen-bond donors (Lipinski definition) is 2. The maximum Gasteiger partial charge on any atom is 0.407 e. The van der Waals surface area contributed by atoms with Crippen molar-refractivity contribution in [3.05, 3.63) is 47.3 Å². The van der Waals surface area contributed by atoms with Crippen LogP contribution < -0.4 is 4.74 Å². The zero-order valence-corrected chi connectivity index (χ0v) is 17.4. The van der Waals surface area contributed by atoms with Gasteiger partial charge in [0.15, 0.2) is 17.3 Å². The molecule has 0 bridgehead atoms. The number of amides is 1. The molecule has 0 aliphatic carbocycles. The third-order valence-corrected chi connectivity index (χ3v) is 5.75. The van der Waals surface area contributed by atoms with Gasteiger partial charge in [-0.2, -0.15) is 0 Å². The molecule has 3 aromatic rings. The standard InChI is InChI=1S/C22H21N5O5/c1-31-17-5-4-14-19(28)18(11-16-13-3-2-6-23-21(13)25-24-16)32-20(14)15(17)12-26-7-9-27(10-8-26)22(29)30/h2-6,11,28H,7-10,12H2,1H3,(H,29,30). The number of aromatic nitrogens is 1. The van der Waals surface area contributed by atoms with Crippen LogP contribution in [0.1, 0.15) is 16.9 Å². The fourth-order valence-corrected chi connectivity index (χ4v) is 4.03. The molecule has 0 atom stereocenters. The molecule has 1 saturated heterocycles. The number of azo groups is 1. The number of nitrogens with zero attached hydrogens (tertiary/aromatic N) is 5. The third kappa shape index (κ3) is 3.44. The SMILES string of the molecule is COc1ccc2c(O)c(C=C3N=Nc4ncccc43)oc2c1CN1CCN(C(=O)O)CC1. The molecule has 1 amide bonds. The number of carboxylic acid groups (broad SMARTS) is 1. The van der Waals surface area contributed by atoms with E-state index in [1.807, 2.05) is 6.07 Å². The average molecular weight is 435 g/mol. The van der Waals surface area contributed by atoms with Crippen molar-refractivity contribution < 1.29 is 24.2 Å². The van der Waals surface area contributed by atoms with Crippen LogP contribution in [0.3, 0.4) is 0 Å². The Bertz CT molecular complexity index is 1260. The van der Waals surface area contributed by atoms with Crippen molar-refractivity contribution in [2.75, 3.05) is 33.3 Å². The molecule has 2 N–H and O–H groups in total. The number of rotatable bonds is 4. The summed E-state index contributed by atoms with van der Waals surface area (Å²) in [6.45, 7) is 2.57. The van der Waals surface area contributed by atoms with Crippen LogP contribution in [-0.4, -0.2) is 64.4 Å². The highest BCUT2D eigenvalue weighted by molar-refractivity contribution is 5.94. The van der Waals surface area contributed by atoms with Gasteiger partial charge in [0.1, 0.15) is 17.0 Å². The first-order valence-electron chi connectivity index (χ1n) is 10.2. The van der Waals surface area contributed by atoms with Crippen LogP contribution in [0.2, 0.25) is 0 Å². The van der Waals surface area contributed by atoms with Crippen LogP contribution in [0.4, 0.5) is 10.6 Å². The topological polar surface area (TPSA) is 124 Å². The smallest absolute Gasteiger partial charge is 0.407 e. The lowest BCUT2D eigenvalue weighted by Gasteiger charge is -2.33. The highest BCUT2D eigenvalue weighted by atomic mass is 16.5. The Morgan fingerprint density at radius 1 is 1.22 bits per heavy atom. The largest absolute Gasteiger partial charge is 0.504 e. The lowest BCUT2D eigenvalue weighted by Crippen LogP contribution is -2.47. The van der Waals surface area contributed by atoms with E-state index < -0.39 is 6.09 Å². The van der Waals surface area contributed by atoms with Crippen LogP contribution in [0, 0.1) is 0 Å². The lowest BCUT2D eigenvalue weighted by molar-refractivity contribution is 0.102. The number of furan rings is 1. The summed E-state index contributed by atoms with van der Waals surface area (Å²) in [6.07, 6.45) is 2.39. The van der Waals surface area contributed by atoms with E-state index in [0.717, 1.165) is 11.1 Å². The summed E-state index contributed by atoms with van der Waals surface area (Å²) in [4.78, 5) is 18.9. The number of pyridine rings is 1. The van der Waals surface area contributed by atoms with E-state index in [9.17, 15) is 15.0 Å². The van der Waals surface area contributed by atoms with Gasteiger partial charge in [-0.15, -0.1) is 10.2 Å². The molecule has 0 saturated carbocycles. The van der Waals surface area contributed by atoms with Crippen molar-refractivity contribution in [3.8, 4) is 11.5 Å². The molecule has 4 heterocycles. The molecule has 0 unspecified atom stereocenters. The quantitative estimate of drug-likeness (QED) is 0.636. The number of piperazine rings is 1. The van der Waals surface area contributed by atoms with Gasteiger partial charge in [-0.1, -0.05) is 0 Å². The Morgan fingerprint density at radius 2 is 2.03 bits per heavy atom. The van der Waals surface area contributed by atoms with Gasteiger partial charge < -0.3 is 24.3 Å². The molecule has 1 fully saturated rings. The van der Waals surface area contributed by atoms with Crippen molar-refractivity contribution in [2.24, 2.45) is 10.2 Å². The maximum absolute atomic E-state index is 11.2. The number of fused-ring (bicyclic) bond motifs is 2. The van der Waals surface area contributed by atoms with Gasteiger partial charge in [-0.3, -0.25) is 4.90 Å². The summed E-state index contributed by atoms with van der Waals surface area (Å²) in [5.74, 6) is 1.45. The highest BCUT2D eigenvalue weighted by Gasteiger charge is 2.25. The minimum atomic E-state index is -0.904. The maximum atomic E-state index is 11.2. The van der Waals surface area contributed by atoms with E-state index >= 15 is 0 Å². The van der Waals surface area contributed by atoms with Crippen molar-refractivity contribution in [3.63, 3.8) is 0 Å². The van der Waals surface area contributed by atoms with Crippen LogP contribution >= 0.6 is 0 Å². The molecule has 0 spiro atoms. The summed E-state index contributed by atoms with van der Waals surface area (Å²) in [5, 5.41) is 28.8. The monoisotopic (exact) mass is 435 g/mol. The number of ether oxygens (including phenoxy) is 1. The van der Waals surface area contributed by atoms with Crippen molar-refractivity contribution in [2.45, 2.75) is 6.54 Å². The second kappa shape index (κ2) is 7.97. The van der Waals surface area contributed by atoms with Gasteiger partial charge in [-0.25, -0.2) is 9.78 Å². The molecule has 32 heavy (non-hydrogen) atoms. The van der Waals surface area contributed by atoms with Gasteiger partial charge in [-0.05, 0) is 24.3 Å². The van der Waals surface area contributed by atoms with Gasteiger partial charge in [0.05, 0.1) is 18.1 Å². The summed E-state index contributed by atoms with van der Waals surface area (Å²) < 4.78 is 11.6. The van der Waals surface area contributed by atoms with E-state index in [0.29, 0.717) is 61.0 Å². The van der Waals surface area contributed by atoms with Crippen molar-refractivity contribution in [1.82, 2.24) is 14.8 Å². The zero-order valence-electron chi connectivity index (χ0n) is 17.4. The number of aromatic hydroxyl groups is 1. The number of carbonyl (C=O) groups is 1. The lowest BCUT2D eigenvalue weighted by atomic mass is 10.1. The summed E-state index contributed by atoms with van der Waals surface area (Å²) in [5.41, 5.74) is 2.64. The van der Waals surface area contributed by atoms with E-state index in [-0.39, 0.29) is 11.5 Å². The molecule has 5 rings (SSSR count). The molecule has 2 aliphatic rings. The Kier molecular flexibility index (Phi) is 4.98. The number of benzene rings is 1. The Balaban J connectivity index is 1.50. The minimum absolute atomic E-state index is 0.0136. The summed E-state index contributed by atoms with van der Waals surface area (Å²) in [6, 6.07) is 7.21. The minimum Gasteiger partial charge on any atom is -0.504 e. The Morgan fingerprint density at radius 3 is 2.78 bits per heavy atom. The second-order valence-corrected chi connectivity index (χ2v) is 7.59. The van der Waals surface area contributed by atoms with E-state index in [1.54, 1.807) is 37.6 Å². The predicted molar refractivity (Wildman–Crippen MR) is 116 cm³/mol. The summed E-state index contributed by atoms with van der Waals surface area (Å²) >= 11 is 0. The Labute approximate surface area is 183 Å². The molecular weight excluding hydrogens is 414 g/mol. The first kappa shape index (κ1) is 20.0. The molecule has 0 radical (unpaired) electrons. The van der Waals surface area contributed by atoms with Gasteiger partial charge in [0.25, 0.3) is 0 Å².